The van der Waals surface area contributed by atoms with Crippen molar-refractivity contribution in [2.24, 2.45) is 10.8 Å². The monoisotopic (exact) mass is 444 g/mol. The molecule has 0 unspecified atom stereocenters. The van der Waals surface area contributed by atoms with Crippen molar-refractivity contribution in [3.05, 3.63) is 47.3 Å². The third-order valence-electron chi connectivity index (χ3n) is 5.88. The molecule has 0 radical (unpaired) electrons. The quantitative estimate of drug-likeness (QED) is 0.315. The van der Waals surface area contributed by atoms with E-state index in [1.54, 1.807) is 27.7 Å². The number of aryl methyl sites for hydroxylation is 2. The zero-order valence-corrected chi connectivity index (χ0v) is 19.6. The van der Waals surface area contributed by atoms with Gasteiger partial charge in [-0.05, 0) is 89.8 Å². The largest absolute Gasteiger partial charge is 0.481 e. The molecule has 0 saturated heterocycles. The minimum atomic E-state index is -0.758. The zero-order chi connectivity index (χ0) is 23.8. The Morgan fingerprint density at radius 2 is 1.09 bits per heavy atom. The fraction of sp³-hybridized carbons (Fsp3) is 0.538. The lowest BCUT2D eigenvalue weighted by Gasteiger charge is -2.18. The maximum Gasteiger partial charge on any atom is 0.309 e. The summed E-state index contributed by atoms with van der Waals surface area (Å²) < 4.78 is 11.7. The van der Waals surface area contributed by atoms with Gasteiger partial charge in [0.25, 0.3) is 0 Å². The maximum absolute atomic E-state index is 11.1. The Kier molecular flexibility index (Phi) is 8.93. The van der Waals surface area contributed by atoms with Gasteiger partial charge in [-0.25, -0.2) is 0 Å². The lowest BCUT2D eigenvalue weighted by Crippen LogP contribution is -2.23. The Labute approximate surface area is 190 Å². The number of carbonyl (C=O) groups is 2. The Morgan fingerprint density at radius 3 is 1.44 bits per heavy atom. The van der Waals surface area contributed by atoms with Crippen LogP contribution in [0.4, 0.5) is 0 Å². The molecule has 2 heterocycles. The van der Waals surface area contributed by atoms with Crippen LogP contribution in [-0.4, -0.2) is 22.2 Å². The third-order valence-corrected chi connectivity index (χ3v) is 5.88. The molecule has 176 valence electrons. The fourth-order valence-corrected chi connectivity index (χ4v) is 3.35. The predicted octanol–water partition coefficient (Wildman–Crippen LogP) is 6.69. The van der Waals surface area contributed by atoms with Crippen molar-refractivity contribution in [1.82, 2.24) is 0 Å². The molecule has 2 aromatic heterocycles. The van der Waals surface area contributed by atoms with Gasteiger partial charge in [0.15, 0.2) is 0 Å². The minimum Gasteiger partial charge on any atom is -0.481 e. The van der Waals surface area contributed by atoms with E-state index < -0.39 is 22.8 Å². The van der Waals surface area contributed by atoms with E-state index >= 15 is 0 Å². The summed E-state index contributed by atoms with van der Waals surface area (Å²) in [6, 6.07) is 7.74. The maximum atomic E-state index is 11.1. The molecule has 0 bridgehead atoms. The number of unbranched alkanes of at least 4 members (excludes halogenated alkanes) is 2. The highest BCUT2D eigenvalue weighted by molar-refractivity contribution is 5.73. The first-order valence-electron chi connectivity index (χ1n) is 11.3. The first kappa shape index (κ1) is 25.5. The normalized spacial score (nSPS) is 12.5. The minimum absolute atomic E-state index is 0.647. The number of furan rings is 2. The standard InChI is InChI=1S/C26H36O6/c1-25(2,23(27)28)17-7-5-9-19-11-13-21(31-19)15-16-22-14-12-20(32-22)10-6-8-18-26(3,4)24(29)30/h11-16H,5-10,17-18H2,1-4H3,(H,27,28)(H,29,30)/b16-15-. The summed E-state index contributed by atoms with van der Waals surface area (Å²) in [6.07, 6.45) is 10.1. The van der Waals surface area contributed by atoms with E-state index in [-0.39, 0.29) is 0 Å². The highest BCUT2D eigenvalue weighted by Gasteiger charge is 2.26. The number of aliphatic carboxylic acids is 2. The van der Waals surface area contributed by atoms with Crippen LogP contribution in [-0.2, 0) is 22.4 Å². The van der Waals surface area contributed by atoms with Gasteiger partial charge in [-0.2, -0.15) is 0 Å². The van der Waals surface area contributed by atoms with E-state index in [1.807, 2.05) is 36.4 Å². The second kappa shape index (κ2) is 11.2. The Bertz CT molecular complexity index is 838. The van der Waals surface area contributed by atoms with Gasteiger partial charge in [0.05, 0.1) is 10.8 Å². The summed E-state index contributed by atoms with van der Waals surface area (Å²) >= 11 is 0. The van der Waals surface area contributed by atoms with Gasteiger partial charge in [0.1, 0.15) is 23.0 Å². The molecule has 0 atom stereocenters. The predicted molar refractivity (Wildman–Crippen MR) is 124 cm³/mol. The number of hydrogen-bond acceptors (Lipinski definition) is 4. The van der Waals surface area contributed by atoms with Crippen molar-refractivity contribution in [2.75, 3.05) is 0 Å². The van der Waals surface area contributed by atoms with Gasteiger partial charge in [-0.3, -0.25) is 9.59 Å². The van der Waals surface area contributed by atoms with Crippen LogP contribution in [0.1, 0.15) is 89.3 Å². The van der Waals surface area contributed by atoms with Crippen LogP contribution in [0, 0.1) is 10.8 Å². The molecule has 0 aliphatic carbocycles. The summed E-state index contributed by atoms with van der Waals surface area (Å²) in [5, 5.41) is 18.3. The molecule has 2 N–H and O–H groups in total. The van der Waals surface area contributed by atoms with Gasteiger partial charge >= 0.3 is 11.9 Å². The van der Waals surface area contributed by atoms with Crippen molar-refractivity contribution >= 4 is 24.1 Å². The molecule has 2 aromatic rings. The molecule has 32 heavy (non-hydrogen) atoms. The Morgan fingerprint density at radius 1 is 0.719 bits per heavy atom. The Hall–Kier alpha value is -2.76. The van der Waals surface area contributed by atoms with Gasteiger partial charge < -0.3 is 19.0 Å². The summed E-state index contributed by atoms with van der Waals surface area (Å²) in [5.41, 5.74) is -1.37. The molecule has 0 saturated carbocycles. The van der Waals surface area contributed by atoms with Crippen molar-refractivity contribution in [2.45, 2.75) is 79.1 Å². The van der Waals surface area contributed by atoms with Crippen molar-refractivity contribution in [1.29, 1.82) is 0 Å². The number of carboxylic acids is 2. The smallest absolute Gasteiger partial charge is 0.309 e. The van der Waals surface area contributed by atoms with E-state index in [2.05, 4.69) is 0 Å². The van der Waals surface area contributed by atoms with Crippen LogP contribution < -0.4 is 0 Å². The van der Waals surface area contributed by atoms with Gasteiger partial charge in [0, 0.05) is 12.8 Å². The van der Waals surface area contributed by atoms with Gasteiger partial charge in [-0.15, -0.1) is 0 Å². The number of hydrogen-bond donors (Lipinski definition) is 2. The van der Waals surface area contributed by atoms with Crippen LogP contribution in [0.3, 0.4) is 0 Å². The molecule has 0 amide bonds. The second-order valence-corrected chi connectivity index (χ2v) is 9.73. The van der Waals surface area contributed by atoms with Crippen molar-refractivity contribution in [3.8, 4) is 0 Å². The molecule has 0 aromatic carbocycles. The van der Waals surface area contributed by atoms with E-state index in [1.165, 1.54) is 0 Å². The molecule has 0 fully saturated rings. The summed E-state index contributed by atoms with van der Waals surface area (Å²) in [6.45, 7) is 7.02. The summed E-state index contributed by atoms with van der Waals surface area (Å²) in [5.74, 6) is 1.76. The van der Waals surface area contributed by atoms with Crippen molar-refractivity contribution in [3.63, 3.8) is 0 Å². The van der Waals surface area contributed by atoms with Crippen LogP contribution in [0.25, 0.3) is 12.2 Å². The molecule has 0 aliphatic heterocycles. The SMILES string of the molecule is CC(C)(CCCCc1ccc(/C=C\c2ccc(CCCCC(C)(C)C(=O)O)o2)o1)C(=O)O. The van der Waals surface area contributed by atoms with Gasteiger partial charge in [-0.1, -0.05) is 12.8 Å². The summed E-state index contributed by atoms with van der Waals surface area (Å²) in [7, 11) is 0. The molecule has 0 aliphatic rings. The average Bonchev–Trinajstić information content (AvgIpc) is 3.36. The van der Waals surface area contributed by atoms with E-state index in [4.69, 9.17) is 19.0 Å². The Balaban J connectivity index is 1.74. The lowest BCUT2D eigenvalue weighted by molar-refractivity contribution is -0.148. The fourth-order valence-electron chi connectivity index (χ4n) is 3.35. The molecule has 2 rings (SSSR count). The lowest BCUT2D eigenvalue weighted by atomic mass is 9.87. The summed E-state index contributed by atoms with van der Waals surface area (Å²) in [4.78, 5) is 22.3. The molecular weight excluding hydrogens is 408 g/mol. The topological polar surface area (TPSA) is 101 Å². The van der Waals surface area contributed by atoms with E-state index in [9.17, 15) is 9.59 Å². The number of rotatable bonds is 14. The number of carboxylic acid groups (broad SMARTS) is 2. The zero-order valence-electron chi connectivity index (χ0n) is 19.6. The first-order valence-corrected chi connectivity index (χ1v) is 11.3. The molecule has 6 heteroatoms. The van der Waals surface area contributed by atoms with Gasteiger partial charge in [0.2, 0.25) is 0 Å². The van der Waals surface area contributed by atoms with Crippen LogP contribution in [0.5, 0.6) is 0 Å². The highest BCUT2D eigenvalue weighted by atomic mass is 16.4. The van der Waals surface area contributed by atoms with Crippen LogP contribution in [0.2, 0.25) is 0 Å². The molecule has 6 nitrogen and oxygen atoms in total. The van der Waals surface area contributed by atoms with Crippen molar-refractivity contribution < 1.29 is 28.6 Å². The average molecular weight is 445 g/mol. The van der Waals surface area contributed by atoms with Crippen LogP contribution in [0.15, 0.2) is 33.1 Å². The third kappa shape index (κ3) is 8.06. The van der Waals surface area contributed by atoms with Crippen LogP contribution >= 0.6 is 0 Å². The first-order chi connectivity index (χ1) is 15.0. The molecule has 0 spiro atoms. The second-order valence-electron chi connectivity index (χ2n) is 9.73. The highest BCUT2D eigenvalue weighted by Crippen LogP contribution is 2.25. The molecular formula is C26H36O6. The van der Waals surface area contributed by atoms with E-state index in [0.29, 0.717) is 12.8 Å². The van der Waals surface area contributed by atoms with E-state index in [0.717, 1.165) is 61.6 Å².